The predicted octanol–water partition coefficient (Wildman–Crippen LogP) is -0.957. The van der Waals surface area contributed by atoms with Gasteiger partial charge < -0.3 is 15.4 Å². The topological polar surface area (TPSA) is 53.6 Å². The van der Waals surface area contributed by atoms with Gasteiger partial charge in [-0.2, -0.15) is 0 Å². The number of likely N-dealkylation sites (N-methyl/N-ethyl adjacent to an activating group) is 2. The van der Waals surface area contributed by atoms with E-state index in [9.17, 15) is 4.79 Å². The van der Waals surface area contributed by atoms with Gasteiger partial charge in [-0.15, -0.1) is 0 Å². The minimum Gasteiger partial charge on any atom is -0.366 e. The first-order valence-electron chi connectivity index (χ1n) is 5.54. The van der Waals surface area contributed by atoms with E-state index in [2.05, 4.69) is 22.5 Å². The maximum atomic E-state index is 11.6. The van der Waals surface area contributed by atoms with E-state index in [0.29, 0.717) is 19.7 Å². The summed E-state index contributed by atoms with van der Waals surface area (Å²) < 4.78 is 5.43. The van der Waals surface area contributed by atoms with Crippen molar-refractivity contribution >= 4 is 5.91 Å². The largest absolute Gasteiger partial charge is 0.366 e. The second-order valence-corrected chi connectivity index (χ2v) is 3.65. The number of carbonyl (C=O) groups is 1. The number of nitrogens with one attached hydrogen (secondary N) is 2. The van der Waals surface area contributed by atoms with Gasteiger partial charge in [0, 0.05) is 26.2 Å². The minimum absolute atomic E-state index is 0.00315. The van der Waals surface area contributed by atoms with Crippen LogP contribution in [0.25, 0.3) is 0 Å². The van der Waals surface area contributed by atoms with Crippen molar-refractivity contribution in [1.29, 1.82) is 0 Å². The van der Waals surface area contributed by atoms with Crippen LogP contribution in [-0.2, 0) is 9.53 Å². The monoisotopic (exact) mass is 215 g/mol. The van der Waals surface area contributed by atoms with Gasteiger partial charge in [-0.05, 0) is 13.6 Å². The second-order valence-electron chi connectivity index (χ2n) is 3.65. The fourth-order valence-electron chi connectivity index (χ4n) is 1.57. The van der Waals surface area contributed by atoms with Gasteiger partial charge in [0.1, 0.15) is 6.10 Å². The molecule has 1 aliphatic rings. The highest BCUT2D eigenvalue weighted by Gasteiger charge is 2.25. The summed E-state index contributed by atoms with van der Waals surface area (Å²) in [4.78, 5) is 13.9. The zero-order valence-corrected chi connectivity index (χ0v) is 9.58. The van der Waals surface area contributed by atoms with Gasteiger partial charge in [0.25, 0.3) is 5.91 Å². The Balaban J connectivity index is 2.25. The van der Waals surface area contributed by atoms with Crippen molar-refractivity contribution in [3.63, 3.8) is 0 Å². The molecule has 0 aromatic carbocycles. The number of ether oxygens (including phenoxy) is 1. The molecule has 1 heterocycles. The highest BCUT2D eigenvalue weighted by atomic mass is 16.5. The molecule has 5 heteroatoms. The molecule has 1 aliphatic heterocycles. The van der Waals surface area contributed by atoms with Gasteiger partial charge in [-0.25, -0.2) is 0 Å². The lowest BCUT2D eigenvalue weighted by Gasteiger charge is -2.31. The SMILES string of the molecule is CCN1CCOC(C(=O)NCCNC)C1. The van der Waals surface area contributed by atoms with Gasteiger partial charge in [0.05, 0.1) is 6.61 Å². The summed E-state index contributed by atoms with van der Waals surface area (Å²) >= 11 is 0. The van der Waals surface area contributed by atoms with Gasteiger partial charge >= 0.3 is 0 Å². The van der Waals surface area contributed by atoms with Crippen LogP contribution in [0, 0.1) is 0 Å². The lowest BCUT2D eigenvalue weighted by molar-refractivity contribution is -0.138. The van der Waals surface area contributed by atoms with Gasteiger partial charge in [-0.3, -0.25) is 9.69 Å². The number of morpholine rings is 1. The maximum absolute atomic E-state index is 11.6. The lowest BCUT2D eigenvalue weighted by atomic mass is 10.2. The van der Waals surface area contributed by atoms with Gasteiger partial charge in [0.15, 0.2) is 0 Å². The molecular weight excluding hydrogens is 194 g/mol. The molecule has 1 rings (SSSR count). The molecule has 2 N–H and O–H groups in total. The number of carbonyl (C=O) groups excluding carboxylic acids is 1. The molecule has 0 saturated carbocycles. The standard InChI is InChI=1S/C10H21N3O2/c1-3-13-6-7-15-9(8-13)10(14)12-5-4-11-2/h9,11H,3-8H2,1-2H3,(H,12,14). The van der Waals surface area contributed by atoms with E-state index in [1.54, 1.807) is 0 Å². The zero-order valence-electron chi connectivity index (χ0n) is 9.58. The molecule has 1 unspecified atom stereocenters. The summed E-state index contributed by atoms with van der Waals surface area (Å²) in [6, 6.07) is 0. The smallest absolute Gasteiger partial charge is 0.250 e. The Labute approximate surface area is 91.2 Å². The van der Waals surface area contributed by atoms with Crippen molar-refractivity contribution in [3.8, 4) is 0 Å². The Kier molecular flexibility index (Phi) is 5.60. The van der Waals surface area contributed by atoms with Crippen LogP contribution >= 0.6 is 0 Å². The Bertz CT molecular complexity index is 199. The summed E-state index contributed by atoms with van der Waals surface area (Å²) in [6.45, 7) is 6.80. The third kappa shape index (κ3) is 4.15. The molecule has 1 saturated heterocycles. The first kappa shape index (κ1) is 12.4. The second kappa shape index (κ2) is 6.76. The van der Waals surface area contributed by atoms with Crippen molar-refractivity contribution < 1.29 is 9.53 Å². The van der Waals surface area contributed by atoms with E-state index in [1.807, 2.05) is 7.05 Å². The first-order valence-corrected chi connectivity index (χ1v) is 5.54. The van der Waals surface area contributed by atoms with E-state index in [4.69, 9.17) is 4.74 Å². The minimum atomic E-state index is -0.296. The van der Waals surface area contributed by atoms with Crippen LogP contribution in [0.15, 0.2) is 0 Å². The molecule has 0 radical (unpaired) electrons. The van der Waals surface area contributed by atoms with Gasteiger partial charge in [0.2, 0.25) is 0 Å². The lowest BCUT2D eigenvalue weighted by Crippen LogP contribution is -2.50. The number of rotatable bonds is 5. The fraction of sp³-hybridized carbons (Fsp3) is 0.900. The van der Waals surface area contributed by atoms with Crippen LogP contribution in [0.3, 0.4) is 0 Å². The molecule has 0 aromatic rings. The number of hydrogen-bond donors (Lipinski definition) is 2. The molecule has 15 heavy (non-hydrogen) atoms. The highest BCUT2D eigenvalue weighted by Crippen LogP contribution is 2.04. The van der Waals surface area contributed by atoms with Crippen LogP contribution in [-0.4, -0.2) is 63.3 Å². The van der Waals surface area contributed by atoms with Crippen molar-refractivity contribution in [3.05, 3.63) is 0 Å². The average Bonchev–Trinajstić information content (AvgIpc) is 2.29. The van der Waals surface area contributed by atoms with Crippen molar-refractivity contribution in [2.24, 2.45) is 0 Å². The van der Waals surface area contributed by atoms with Crippen LogP contribution in [0.1, 0.15) is 6.92 Å². The molecule has 1 atom stereocenters. The molecule has 5 nitrogen and oxygen atoms in total. The Hall–Kier alpha value is -0.650. The molecule has 0 spiro atoms. The van der Waals surface area contributed by atoms with E-state index in [1.165, 1.54) is 0 Å². The fourth-order valence-corrected chi connectivity index (χ4v) is 1.57. The van der Waals surface area contributed by atoms with E-state index >= 15 is 0 Å². The molecule has 0 aromatic heterocycles. The number of amides is 1. The van der Waals surface area contributed by atoms with E-state index in [-0.39, 0.29) is 12.0 Å². The molecule has 1 fully saturated rings. The summed E-state index contributed by atoms with van der Waals surface area (Å²) in [5, 5.41) is 5.82. The summed E-state index contributed by atoms with van der Waals surface area (Å²) in [7, 11) is 1.86. The average molecular weight is 215 g/mol. The predicted molar refractivity (Wildman–Crippen MR) is 58.8 cm³/mol. The van der Waals surface area contributed by atoms with Gasteiger partial charge in [-0.1, -0.05) is 6.92 Å². The van der Waals surface area contributed by atoms with Crippen molar-refractivity contribution in [2.45, 2.75) is 13.0 Å². The maximum Gasteiger partial charge on any atom is 0.250 e. The van der Waals surface area contributed by atoms with Crippen molar-refractivity contribution in [2.75, 3.05) is 46.4 Å². The third-order valence-corrected chi connectivity index (χ3v) is 2.56. The molecular formula is C10H21N3O2. The highest BCUT2D eigenvalue weighted by molar-refractivity contribution is 5.81. The number of nitrogens with zero attached hydrogens (tertiary/aromatic N) is 1. The molecule has 0 aliphatic carbocycles. The van der Waals surface area contributed by atoms with Crippen LogP contribution in [0.4, 0.5) is 0 Å². The van der Waals surface area contributed by atoms with E-state index in [0.717, 1.165) is 19.6 Å². The first-order chi connectivity index (χ1) is 7.27. The summed E-state index contributed by atoms with van der Waals surface area (Å²) in [6.07, 6.45) is -0.296. The Morgan fingerprint density at radius 3 is 3.00 bits per heavy atom. The zero-order chi connectivity index (χ0) is 11.1. The number of hydrogen-bond acceptors (Lipinski definition) is 4. The Morgan fingerprint density at radius 2 is 2.33 bits per heavy atom. The summed E-state index contributed by atoms with van der Waals surface area (Å²) in [5.74, 6) is 0.00315. The van der Waals surface area contributed by atoms with E-state index < -0.39 is 0 Å². The molecule has 1 amide bonds. The van der Waals surface area contributed by atoms with Crippen molar-refractivity contribution in [1.82, 2.24) is 15.5 Å². The third-order valence-electron chi connectivity index (χ3n) is 2.56. The normalized spacial score (nSPS) is 22.7. The van der Waals surface area contributed by atoms with Crippen LogP contribution < -0.4 is 10.6 Å². The van der Waals surface area contributed by atoms with Crippen LogP contribution in [0.2, 0.25) is 0 Å². The quantitative estimate of drug-likeness (QED) is 0.580. The molecule has 0 bridgehead atoms. The Morgan fingerprint density at radius 1 is 1.53 bits per heavy atom. The van der Waals surface area contributed by atoms with Crippen LogP contribution in [0.5, 0.6) is 0 Å². The molecule has 88 valence electrons. The summed E-state index contributed by atoms with van der Waals surface area (Å²) in [5.41, 5.74) is 0.